The fraction of sp³-hybridized carbons (Fsp3) is 0.700. The van der Waals surface area contributed by atoms with Crippen LogP contribution in [0.3, 0.4) is 0 Å². The summed E-state index contributed by atoms with van der Waals surface area (Å²) in [4.78, 5) is 26.3. The van der Waals surface area contributed by atoms with Crippen LogP contribution in [0.25, 0.3) is 0 Å². The zero-order chi connectivity index (χ0) is 19.9. The molecule has 2 aliphatic rings. The summed E-state index contributed by atoms with van der Waals surface area (Å²) in [5.74, 6) is 1.33. The average Bonchev–Trinajstić information content (AvgIpc) is 3.26. The normalized spacial score (nSPS) is 21.0. The minimum absolute atomic E-state index is 0.0321. The van der Waals surface area contributed by atoms with E-state index in [0.717, 1.165) is 58.3 Å². The Balaban J connectivity index is 1.52. The molecule has 1 unspecified atom stereocenters. The summed E-state index contributed by atoms with van der Waals surface area (Å²) in [5.41, 5.74) is 0. The van der Waals surface area contributed by atoms with Gasteiger partial charge in [0.2, 0.25) is 0 Å². The molecule has 156 valence electrons. The van der Waals surface area contributed by atoms with Crippen LogP contribution < -0.4 is 5.32 Å². The Labute approximate surface area is 168 Å². The third kappa shape index (κ3) is 5.26. The Bertz CT molecular complexity index is 631. The van der Waals surface area contributed by atoms with Gasteiger partial charge in [-0.2, -0.15) is 0 Å². The van der Waals surface area contributed by atoms with Gasteiger partial charge < -0.3 is 24.4 Å². The van der Waals surface area contributed by atoms with Crippen LogP contribution in [-0.2, 0) is 0 Å². The molecule has 0 aliphatic carbocycles. The first-order chi connectivity index (χ1) is 13.6. The molecule has 1 amide bonds. The third-order valence-electron chi connectivity index (χ3n) is 5.60. The summed E-state index contributed by atoms with van der Waals surface area (Å²) >= 11 is 0. The quantitative estimate of drug-likeness (QED) is 0.588. The largest absolute Gasteiger partial charge is 0.459 e. The molecule has 1 N–H and O–H groups in total. The number of guanidine groups is 1. The van der Waals surface area contributed by atoms with Crippen molar-refractivity contribution < 1.29 is 9.21 Å². The first-order valence-corrected chi connectivity index (χ1v) is 10.4. The zero-order valence-corrected chi connectivity index (χ0v) is 17.4. The maximum atomic E-state index is 12.4. The van der Waals surface area contributed by atoms with Crippen LogP contribution >= 0.6 is 0 Å². The van der Waals surface area contributed by atoms with Gasteiger partial charge in [0.05, 0.1) is 12.8 Å². The van der Waals surface area contributed by atoms with Gasteiger partial charge in [-0.3, -0.25) is 14.7 Å². The highest BCUT2D eigenvalue weighted by Gasteiger charge is 2.25. The van der Waals surface area contributed by atoms with Gasteiger partial charge in [-0.25, -0.2) is 0 Å². The van der Waals surface area contributed by atoms with Crippen molar-refractivity contribution in [3.63, 3.8) is 0 Å². The first-order valence-electron chi connectivity index (χ1n) is 10.4. The van der Waals surface area contributed by atoms with E-state index < -0.39 is 0 Å². The lowest BCUT2D eigenvalue weighted by Gasteiger charge is -2.37. The van der Waals surface area contributed by atoms with E-state index in [1.807, 2.05) is 4.90 Å². The van der Waals surface area contributed by atoms with Crippen molar-refractivity contribution in [3.8, 4) is 0 Å². The summed E-state index contributed by atoms with van der Waals surface area (Å²) in [6, 6.07) is 3.91. The second kappa shape index (κ2) is 9.93. The van der Waals surface area contributed by atoms with E-state index in [9.17, 15) is 4.79 Å². The molecule has 0 aromatic carbocycles. The maximum Gasteiger partial charge on any atom is 0.289 e. The fourth-order valence-corrected chi connectivity index (χ4v) is 3.70. The molecule has 0 radical (unpaired) electrons. The highest BCUT2D eigenvalue weighted by atomic mass is 16.3. The van der Waals surface area contributed by atoms with E-state index in [4.69, 9.17) is 9.41 Å². The molecule has 8 nitrogen and oxygen atoms in total. The number of amides is 1. The Hall–Kier alpha value is -2.06. The lowest BCUT2D eigenvalue weighted by atomic mass is 10.2. The number of hydrogen-bond acceptors (Lipinski definition) is 5. The Morgan fingerprint density at radius 1 is 1.14 bits per heavy atom. The Morgan fingerprint density at radius 2 is 1.82 bits per heavy atom. The predicted molar refractivity (Wildman–Crippen MR) is 111 cm³/mol. The number of piperazine rings is 2. The fourth-order valence-electron chi connectivity index (χ4n) is 3.70. The zero-order valence-electron chi connectivity index (χ0n) is 17.4. The van der Waals surface area contributed by atoms with Crippen LogP contribution in [0.15, 0.2) is 27.8 Å². The van der Waals surface area contributed by atoms with Crippen molar-refractivity contribution in [2.45, 2.75) is 19.9 Å². The molecular formula is C20H34N6O2. The van der Waals surface area contributed by atoms with Crippen LogP contribution in [-0.4, -0.2) is 110 Å². The Kier molecular flexibility index (Phi) is 7.33. The SMILES string of the molecule is CCNC(=NCC(C)N1CCN(C)CC1)N1CCN(C(=O)c2ccco2)CC1. The van der Waals surface area contributed by atoms with Crippen LogP contribution in [0, 0.1) is 0 Å². The lowest BCUT2D eigenvalue weighted by Crippen LogP contribution is -2.54. The van der Waals surface area contributed by atoms with E-state index in [0.29, 0.717) is 24.9 Å². The van der Waals surface area contributed by atoms with Gasteiger partial charge in [0, 0.05) is 64.9 Å². The predicted octanol–water partition coefficient (Wildman–Crippen LogP) is 0.639. The van der Waals surface area contributed by atoms with Gasteiger partial charge in [0.15, 0.2) is 11.7 Å². The molecule has 28 heavy (non-hydrogen) atoms. The number of carbonyl (C=O) groups is 1. The maximum absolute atomic E-state index is 12.4. The molecule has 3 heterocycles. The standard InChI is InChI=1S/C20H34N6O2/c1-4-21-20(22-16-17(2)24-9-7-23(3)8-10-24)26-13-11-25(12-14-26)19(27)18-6-5-15-28-18/h5-6,15,17H,4,7-14,16H2,1-3H3,(H,21,22). The lowest BCUT2D eigenvalue weighted by molar-refractivity contribution is 0.0657. The minimum atomic E-state index is -0.0321. The molecule has 3 rings (SSSR count). The molecule has 8 heteroatoms. The summed E-state index contributed by atoms with van der Waals surface area (Å²) in [7, 11) is 2.18. The monoisotopic (exact) mass is 390 g/mol. The number of likely N-dealkylation sites (N-methyl/N-ethyl adjacent to an activating group) is 1. The molecular weight excluding hydrogens is 356 g/mol. The van der Waals surface area contributed by atoms with Crippen LogP contribution in [0.1, 0.15) is 24.4 Å². The van der Waals surface area contributed by atoms with Gasteiger partial charge in [-0.1, -0.05) is 0 Å². The number of nitrogens with one attached hydrogen (secondary N) is 1. The van der Waals surface area contributed by atoms with E-state index in [2.05, 4.69) is 40.9 Å². The highest BCUT2D eigenvalue weighted by molar-refractivity contribution is 5.91. The summed E-state index contributed by atoms with van der Waals surface area (Å²) in [6.45, 7) is 13.4. The van der Waals surface area contributed by atoms with Crippen LogP contribution in [0.4, 0.5) is 0 Å². The second-order valence-electron chi connectivity index (χ2n) is 7.64. The van der Waals surface area contributed by atoms with Crippen molar-refractivity contribution in [2.75, 3.05) is 72.5 Å². The van der Waals surface area contributed by atoms with Gasteiger partial charge in [-0.05, 0) is 33.0 Å². The second-order valence-corrected chi connectivity index (χ2v) is 7.64. The van der Waals surface area contributed by atoms with Gasteiger partial charge in [-0.15, -0.1) is 0 Å². The van der Waals surface area contributed by atoms with Gasteiger partial charge in [0.25, 0.3) is 5.91 Å². The number of carbonyl (C=O) groups excluding carboxylic acids is 1. The highest BCUT2D eigenvalue weighted by Crippen LogP contribution is 2.10. The summed E-state index contributed by atoms with van der Waals surface area (Å²) in [5, 5.41) is 3.42. The molecule has 1 aromatic heterocycles. The van der Waals surface area contributed by atoms with Crippen molar-refractivity contribution in [1.82, 2.24) is 24.9 Å². The average molecular weight is 391 g/mol. The van der Waals surface area contributed by atoms with Crippen molar-refractivity contribution in [1.29, 1.82) is 0 Å². The van der Waals surface area contributed by atoms with Gasteiger partial charge >= 0.3 is 0 Å². The van der Waals surface area contributed by atoms with E-state index in [-0.39, 0.29) is 5.91 Å². The van der Waals surface area contributed by atoms with Crippen molar-refractivity contribution in [2.24, 2.45) is 4.99 Å². The molecule has 0 bridgehead atoms. The molecule has 1 aromatic rings. The van der Waals surface area contributed by atoms with E-state index in [1.54, 1.807) is 18.4 Å². The minimum Gasteiger partial charge on any atom is -0.459 e. The Morgan fingerprint density at radius 3 is 2.43 bits per heavy atom. The smallest absolute Gasteiger partial charge is 0.289 e. The van der Waals surface area contributed by atoms with Gasteiger partial charge in [0.1, 0.15) is 0 Å². The number of nitrogens with zero attached hydrogens (tertiary/aromatic N) is 5. The van der Waals surface area contributed by atoms with Crippen molar-refractivity contribution in [3.05, 3.63) is 24.2 Å². The molecule has 2 saturated heterocycles. The molecule has 0 spiro atoms. The molecule has 2 fully saturated rings. The third-order valence-corrected chi connectivity index (χ3v) is 5.60. The van der Waals surface area contributed by atoms with E-state index in [1.165, 1.54) is 0 Å². The number of furan rings is 1. The van der Waals surface area contributed by atoms with Crippen LogP contribution in [0.5, 0.6) is 0 Å². The number of rotatable bonds is 5. The van der Waals surface area contributed by atoms with E-state index >= 15 is 0 Å². The molecule has 2 aliphatic heterocycles. The van der Waals surface area contributed by atoms with Crippen molar-refractivity contribution >= 4 is 11.9 Å². The summed E-state index contributed by atoms with van der Waals surface area (Å²) in [6.07, 6.45) is 1.54. The molecule has 1 atom stereocenters. The first kappa shape index (κ1) is 20.7. The molecule has 0 saturated carbocycles. The van der Waals surface area contributed by atoms with Crippen LogP contribution in [0.2, 0.25) is 0 Å². The number of aliphatic imine (C=N–C) groups is 1. The number of hydrogen-bond donors (Lipinski definition) is 1. The topological polar surface area (TPSA) is 67.6 Å². The summed E-state index contributed by atoms with van der Waals surface area (Å²) < 4.78 is 5.24.